The Morgan fingerprint density at radius 2 is 2.14 bits per heavy atom. The highest BCUT2D eigenvalue weighted by Crippen LogP contribution is 2.17. The normalized spacial score (nSPS) is 29.6. The van der Waals surface area contributed by atoms with Crippen molar-refractivity contribution >= 4 is 10.0 Å². The highest BCUT2D eigenvalue weighted by molar-refractivity contribution is 7.89. The standard InChI is InChI=1S/C15H30N2O3S/c1-13-5-3-8-17(11-13)12-14(2)16-21(18,19)10-7-15-6-4-9-20-15/h13-16H,3-12H2,1-2H3/t13-,14-,15-/m1/s1. The van der Waals surface area contributed by atoms with Crippen LogP contribution in [0.5, 0.6) is 0 Å². The number of hydrogen-bond acceptors (Lipinski definition) is 4. The second-order valence-electron chi connectivity index (χ2n) is 6.77. The Balaban J connectivity index is 1.70. The summed E-state index contributed by atoms with van der Waals surface area (Å²) >= 11 is 0. The highest BCUT2D eigenvalue weighted by atomic mass is 32.2. The van der Waals surface area contributed by atoms with Crippen molar-refractivity contribution in [3.05, 3.63) is 0 Å². The number of likely N-dealkylation sites (tertiary alicyclic amines) is 1. The molecule has 2 aliphatic heterocycles. The fraction of sp³-hybridized carbons (Fsp3) is 1.00. The van der Waals surface area contributed by atoms with E-state index in [9.17, 15) is 8.42 Å². The van der Waals surface area contributed by atoms with Crippen molar-refractivity contribution in [1.29, 1.82) is 0 Å². The summed E-state index contributed by atoms with van der Waals surface area (Å²) < 4.78 is 32.5. The Morgan fingerprint density at radius 3 is 2.81 bits per heavy atom. The number of nitrogens with zero attached hydrogens (tertiary/aromatic N) is 1. The van der Waals surface area contributed by atoms with Gasteiger partial charge in [0.1, 0.15) is 0 Å². The summed E-state index contributed by atoms with van der Waals surface area (Å²) in [5.74, 6) is 0.903. The lowest BCUT2D eigenvalue weighted by molar-refractivity contribution is 0.108. The van der Waals surface area contributed by atoms with E-state index in [1.807, 2.05) is 6.92 Å². The molecule has 0 amide bonds. The van der Waals surface area contributed by atoms with Gasteiger partial charge in [-0.3, -0.25) is 0 Å². The summed E-state index contributed by atoms with van der Waals surface area (Å²) in [5.41, 5.74) is 0. The van der Waals surface area contributed by atoms with Crippen LogP contribution >= 0.6 is 0 Å². The number of nitrogens with one attached hydrogen (secondary N) is 1. The van der Waals surface area contributed by atoms with Crippen LogP contribution in [0, 0.1) is 5.92 Å². The van der Waals surface area contributed by atoms with Crippen LogP contribution in [0.2, 0.25) is 0 Å². The number of ether oxygens (including phenoxy) is 1. The molecule has 2 aliphatic rings. The molecule has 2 heterocycles. The van der Waals surface area contributed by atoms with Gasteiger partial charge in [0.2, 0.25) is 10.0 Å². The van der Waals surface area contributed by atoms with E-state index in [4.69, 9.17) is 4.74 Å². The maximum absolute atomic E-state index is 12.1. The summed E-state index contributed by atoms with van der Waals surface area (Å²) in [4.78, 5) is 2.38. The molecule has 2 fully saturated rings. The van der Waals surface area contributed by atoms with Crippen molar-refractivity contribution in [2.24, 2.45) is 5.92 Å². The predicted molar refractivity (Wildman–Crippen MR) is 84.8 cm³/mol. The second-order valence-corrected chi connectivity index (χ2v) is 8.64. The number of hydrogen-bond donors (Lipinski definition) is 1. The van der Waals surface area contributed by atoms with E-state index in [1.165, 1.54) is 12.8 Å². The van der Waals surface area contributed by atoms with Crippen molar-refractivity contribution in [1.82, 2.24) is 9.62 Å². The molecule has 3 atom stereocenters. The highest BCUT2D eigenvalue weighted by Gasteiger charge is 2.23. The number of rotatable bonds is 7. The van der Waals surface area contributed by atoms with Gasteiger partial charge in [0.05, 0.1) is 11.9 Å². The van der Waals surface area contributed by atoms with E-state index in [1.54, 1.807) is 0 Å². The van der Waals surface area contributed by atoms with E-state index in [0.29, 0.717) is 6.42 Å². The van der Waals surface area contributed by atoms with Gasteiger partial charge in [0.15, 0.2) is 0 Å². The Labute approximate surface area is 129 Å². The molecule has 6 heteroatoms. The van der Waals surface area contributed by atoms with E-state index < -0.39 is 10.0 Å². The first-order valence-corrected chi connectivity index (χ1v) is 9.94. The molecule has 124 valence electrons. The molecule has 2 saturated heterocycles. The van der Waals surface area contributed by atoms with Gasteiger partial charge in [0, 0.05) is 25.7 Å². The average Bonchev–Trinajstić information content (AvgIpc) is 2.88. The van der Waals surface area contributed by atoms with Crippen molar-refractivity contribution in [3.8, 4) is 0 Å². The third-order valence-corrected chi connectivity index (χ3v) is 5.92. The van der Waals surface area contributed by atoms with Crippen molar-refractivity contribution in [3.63, 3.8) is 0 Å². The molecular formula is C15H30N2O3S. The Hall–Kier alpha value is -0.170. The first kappa shape index (κ1) is 17.2. The smallest absolute Gasteiger partial charge is 0.211 e. The van der Waals surface area contributed by atoms with Gasteiger partial charge in [0.25, 0.3) is 0 Å². The summed E-state index contributed by atoms with van der Waals surface area (Å²) in [6, 6.07) is -0.0233. The average molecular weight is 318 g/mol. The Bertz CT molecular complexity index is 407. The zero-order valence-electron chi connectivity index (χ0n) is 13.4. The molecule has 0 saturated carbocycles. The van der Waals surface area contributed by atoms with Gasteiger partial charge in [-0.1, -0.05) is 6.92 Å². The summed E-state index contributed by atoms with van der Waals surface area (Å²) in [6.45, 7) is 7.99. The first-order chi connectivity index (χ1) is 9.94. The lowest BCUT2D eigenvalue weighted by Gasteiger charge is -2.32. The molecule has 0 unspecified atom stereocenters. The predicted octanol–water partition coefficient (Wildman–Crippen LogP) is 1.60. The van der Waals surface area contributed by atoms with Crippen LogP contribution < -0.4 is 4.72 Å². The van der Waals surface area contributed by atoms with Gasteiger partial charge in [-0.05, 0) is 51.5 Å². The van der Waals surface area contributed by atoms with E-state index in [-0.39, 0.29) is 17.9 Å². The van der Waals surface area contributed by atoms with Crippen molar-refractivity contribution in [2.75, 3.05) is 32.0 Å². The van der Waals surface area contributed by atoms with Crippen LogP contribution in [-0.2, 0) is 14.8 Å². The quantitative estimate of drug-likeness (QED) is 0.774. The third kappa shape index (κ3) is 6.22. The fourth-order valence-electron chi connectivity index (χ4n) is 3.40. The number of piperidine rings is 1. The van der Waals surface area contributed by atoms with Crippen molar-refractivity contribution in [2.45, 2.75) is 58.1 Å². The van der Waals surface area contributed by atoms with E-state index in [0.717, 1.165) is 45.0 Å². The molecule has 0 aromatic heterocycles. The maximum atomic E-state index is 12.1. The molecule has 0 radical (unpaired) electrons. The summed E-state index contributed by atoms with van der Waals surface area (Å²) in [7, 11) is -3.19. The van der Waals surface area contributed by atoms with Crippen LogP contribution in [0.25, 0.3) is 0 Å². The monoisotopic (exact) mass is 318 g/mol. The summed E-state index contributed by atoms with van der Waals surface area (Å²) in [5, 5.41) is 0. The molecule has 0 aromatic rings. The van der Waals surface area contributed by atoms with Crippen molar-refractivity contribution < 1.29 is 13.2 Å². The van der Waals surface area contributed by atoms with Crippen LogP contribution in [0.15, 0.2) is 0 Å². The molecule has 21 heavy (non-hydrogen) atoms. The van der Waals surface area contributed by atoms with Gasteiger partial charge < -0.3 is 9.64 Å². The molecule has 2 rings (SSSR count). The minimum absolute atomic E-state index is 0.0233. The topological polar surface area (TPSA) is 58.6 Å². The van der Waals surface area contributed by atoms with Crippen LogP contribution in [-0.4, -0.2) is 57.5 Å². The SMILES string of the molecule is C[C@@H]1CCCN(C[C@@H](C)NS(=O)(=O)CC[C@H]2CCCO2)C1. The Morgan fingerprint density at radius 1 is 1.33 bits per heavy atom. The lowest BCUT2D eigenvalue weighted by Crippen LogP contribution is -2.45. The second kappa shape index (κ2) is 7.90. The van der Waals surface area contributed by atoms with Gasteiger partial charge >= 0.3 is 0 Å². The van der Waals surface area contributed by atoms with Gasteiger partial charge in [-0.15, -0.1) is 0 Å². The molecule has 0 spiro atoms. The molecule has 1 N–H and O–H groups in total. The zero-order chi connectivity index (χ0) is 15.3. The van der Waals surface area contributed by atoms with E-state index >= 15 is 0 Å². The molecule has 0 bridgehead atoms. The Kier molecular flexibility index (Phi) is 6.47. The van der Waals surface area contributed by atoms with Gasteiger partial charge in [-0.25, -0.2) is 13.1 Å². The number of sulfonamides is 1. The minimum atomic E-state index is -3.19. The van der Waals surface area contributed by atoms with E-state index in [2.05, 4.69) is 16.5 Å². The fourth-order valence-corrected chi connectivity index (χ4v) is 4.78. The van der Waals surface area contributed by atoms with Gasteiger partial charge in [-0.2, -0.15) is 0 Å². The minimum Gasteiger partial charge on any atom is -0.378 e. The van der Waals surface area contributed by atoms with Crippen LogP contribution in [0.3, 0.4) is 0 Å². The van der Waals surface area contributed by atoms with Crippen LogP contribution in [0.4, 0.5) is 0 Å². The lowest BCUT2D eigenvalue weighted by atomic mass is 10.00. The zero-order valence-corrected chi connectivity index (χ0v) is 14.2. The third-order valence-electron chi connectivity index (χ3n) is 4.39. The van der Waals surface area contributed by atoms with Crippen LogP contribution in [0.1, 0.15) is 46.0 Å². The molecule has 0 aromatic carbocycles. The maximum Gasteiger partial charge on any atom is 0.211 e. The molecular weight excluding hydrogens is 288 g/mol. The summed E-state index contributed by atoms with van der Waals surface area (Å²) in [6.07, 6.45) is 5.32. The molecule has 5 nitrogen and oxygen atoms in total. The molecule has 0 aliphatic carbocycles. The first-order valence-electron chi connectivity index (χ1n) is 8.28. The largest absolute Gasteiger partial charge is 0.378 e.